The molecule has 0 aromatic rings. The van der Waals surface area contributed by atoms with Crippen LogP contribution in [0.4, 0.5) is 0 Å². The van der Waals surface area contributed by atoms with Crippen LogP contribution in [0.5, 0.6) is 0 Å². The zero-order chi connectivity index (χ0) is 12.3. The van der Waals surface area contributed by atoms with Crippen LogP contribution in [-0.4, -0.2) is 25.6 Å². The Labute approximate surface area is 108 Å². The van der Waals surface area contributed by atoms with E-state index in [1.165, 1.54) is 0 Å². The summed E-state index contributed by atoms with van der Waals surface area (Å²) in [4.78, 5) is 0. The molecule has 2 nitrogen and oxygen atoms in total. The van der Waals surface area contributed by atoms with Crippen LogP contribution in [0, 0.1) is 0 Å². The van der Waals surface area contributed by atoms with Gasteiger partial charge >= 0.3 is 0 Å². The zero-order valence-electron chi connectivity index (χ0n) is 10.5. The lowest BCUT2D eigenvalue weighted by Crippen LogP contribution is -2.45. The van der Waals surface area contributed by atoms with Gasteiger partial charge < -0.3 is 9.53 Å². The standard InChI is InChI=1S/C11H23IO2Si/c1-9(10(13)7-8-12)14-15(5,6)11(2,3)4/h7-10,13H,1-6H3/b8-7+/t9-,10-/m0/s1. The molecule has 0 saturated heterocycles. The average Bonchev–Trinajstić information content (AvgIpc) is 2.01. The molecule has 0 aromatic carbocycles. The summed E-state index contributed by atoms with van der Waals surface area (Å²) in [6, 6.07) is 0. The number of aliphatic hydroxyl groups excluding tert-OH is 1. The van der Waals surface area contributed by atoms with Crippen LogP contribution in [-0.2, 0) is 4.43 Å². The number of aliphatic hydroxyl groups is 1. The van der Waals surface area contributed by atoms with Gasteiger partial charge in [0.2, 0.25) is 0 Å². The van der Waals surface area contributed by atoms with Crippen molar-refractivity contribution in [3.8, 4) is 0 Å². The van der Waals surface area contributed by atoms with Gasteiger partial charge in [0.15, 0.2) is 8.32 Å². The van der Waals surface area contributed by atoms with E-state index in [2.05, 4.69) is 56.5 Å². The molecule has 0 saturated carbocycles. The van der Waals surface area contributed by atoms with E-state index in [0.29, 0.717) is 0 Å². The number of halogens is 1. The van der Waals surface area contributed by atoms with Crippen LogP contribution in [0.25, 0.3) is 0 Å². The molecule has 0 aliphatic heterocycles. The molecular weight excluding hydrogens is 319 g/mol. The summed E-state index contributed by atoms with van der Waals surface area (Å²) in [5.41, 5.74) is 0. The summed E-state index contributed by atoms with van der Waals surface area (Å²) in [6.07, 6.45) is 1.13. The molecule has 0 unspecified atom stereocenters. The third kappa shape index (κ3) is 4.97. The highest BCUT2D eigenvalue weighted by Crippen LogP contribution is 2.37. The fraction of sp³-hybridized carbons (Fsp3) is 0.818. The van der Waals surface area contributed by atoms with E-state index in [1.807, 2.05) is 11.0 Å². The maximum Gasteiger partial charge on any atom is 0.192 e. The molecule has 2 atom stereocenters. The average molecular weight is 342 g/mol. The number of hydrogen-bond acceptors (Lipinski definition) is 2. The molecule has 0 rings (SSSR count). The Bertz CT molecular complexity index is 221. The Morgan fingerprint density at radius 3 is 2.13 bits per heavy atom. The minimum Gasteiger partial charge on any atom is -0.411 e. The number of rotatable bonds is 4. The van der Waals surface area contributed by atoms with Crippen molar-refractivity contribution < 1.29 is 9.53 Å². The van der Waals surface area contributed by atoms with Crippen molar-refractivity contribution in [3.05, 3.63) is 10.2 Å². The topological polar surface area (TPSA) is 29.5 Å². The van der Waals surface area contributed by atoms with Gasteiger partial charge in [0.25, 0.3) is 0 Å². The van der Waals surface area contributed by atoms with E-state index in [4.69, 9.17) is 4.43 Å². The van der Waals surface area contributed by atoms with E-state index in [-0.39, 0.29) is 11.1 Å². The molecule has 0 amide bonds. The van der Waals surface area contributed by atoms with Gasteiger partial charge in [-0.25, -0.2) is 0 Å². The second kappa shape index (κ2) is 5.79. The maximum absolute atomic E-state index is 9.75. The number of hydrogen-bond donors (Lipinski definition) is 1. The molecule has 0 aliphatic carbocycles. The van der Waals surface area contributed by atoms with Crippen LogP contribution >= 0.6 is 22.6 Å². The third-order valence-corrected chi connectivity index (χ3v) is 8.03. The largest absolute Gasteiger partial charge is 0.411 e. The monoisotopic (exact) mass is 342 g/mol. The first-order valence-electron chi connectivity index (χ1n) is 5.24. The van der Waals surface area contributed by atoms with E-state index in [0.717, 1.165) is 0 Å². The van der Waals surface area contributed by atoms with E-state index in [9.17, 15) is 5.11 Å². The van der Waals surface area contributed by atoms with E-state index >= 15 is 0 Å². The summed E-state index contributed by atoms with van der Waals surface area (Å²) in [5.74, 6) is 0. The first kappa shape index (κ1) is 15.6. The van der Waals surface area contributed by atoms with E-state index < -0.39 is 14.4 Å². The van der Waals surface area contributed by atoms with Crippen LogP contribution in [0.3, 0.4) is 0 Å². The first-order valence-corrected chi connectivity index (χ1v) is 9.40. The molecule has 15 heavy (non-hydrogen) atoms. The molecule has 90 valence electrons. The van der Waals surface area contributed by atoms with Crippen molar-refractivity contribution in [3.63, 3.8) is 0 Å². The molecule has 0 bridgehead atoms. The predicted octanol–water partition coefficient (Wildman–Crippen LogP) is 3.71. The summed E-state index contributed by atoms with van der Waals surface area (Å²) < 4.78 is 7.88. The normalized spacial score (nSPS) is 18.1. The van der Waals surface area contributed by atoms with Gasteiger partial charge in [-0.3, -0.25) is 0 Å². The molecule has 0 spiro atoms. The first-order chi connectivity index (χ1) is 6.62. The third-order valence-electron chi connectivity index (χ3n) is 3.04. The SMILES string of the molecule is C[C@H](O[Si](C)(C)C(C)(C)C)[C@@H](O)/C=C/I. The molecule has 0 heterocycles. The summed E-state index contributed by atoms with van der Waals surface area (Å²) >= 11 is 2.10. The Hall–Kier alpha value is 0.607. The van der Waals surface area contributed by atoms with E-state index in [1.54, 1.807) is 6.08 Å². The van der Waals surface area contributed by atoms with Gasteiger partial charge in [0.1, 0.15) is 0 Å². The van der Waals surface area contributed by atoms with Crippen LogP contribution in [0.15, 0.2) is 10.2 Å². The van der Waals surface area contributed by atoms with Gasteiger partial charge in [-0.1, -0.05) is 43.4 Å². The molecule has 4 heteroatoms. The molecular formula is C11H23IO2Si. The van der Waals surface area contributed by atoms with Gasteiger partial charge in [0.05, 0.1) is 12.2 Å². The zero-order valence-corrected chi connectivity index (χ0v) is 13.7. The lowest BCUT2D eigenvalue weighted by Gasteiger charge is -2.39. The molecule has 0 aliphatic rings. The summed E-state index contributed by atoms with van der Waals surface area (Å²) in [6.45, 7) is 12.9. The van der Waals surface area contributed by atoms with Gasteiger partial charge in [-0.05, 0) is 35.2 Å². The van der Waals surface area contributed by atoms with Crippen molar-refractivity contribution >= 4 is 30.9 Å². The van der Waals surface area contributed by atoms with Crippen molar-refractivity contribution in [1.29, 1.82) is 0 Å². The molecule has 0 radical (unpaired) electrons. The summed E-state index contributed by atoms with van der Waals surface area (Å²) in [5, 5.41) is 9.94. The summed E-state index contributed by atoms with van der Waals surface area (Å²) in [7, 11) is -1.76. The van der Waals surface area contributed by atoms with Crippen molar-refractivity contribution in [2.75, 3.05) is 0 Å². The fourth-order valence-corrected chi connectivity index (χ4v) is 2.79. The Morgan fingerprint density at radius 2 is 1.80 bits per heavy atom. The highest BCUT2D eigenvalue weighted by Gasteiger charge is 2.39. The lowest BCUT2D eigenvalue weighted by molar-refractivity contribution is 0.0695. The predicted molar refractivity (Wildman–Crippen MR) is 76.9 cm³/mol. The highest BCUT2D eigenvalue weighted by molar-refractivity contribution is 14.1. The lowest BCUT2D eigenvalue weighted by atomic mass is 10.2. The Balaban J connectivity index is 4.46. The van der Waals surface area contributed by atoms with Crippen LogP contribution in [0.1, 0.15) is 27.7 Å². The molecule has 0 aromatic heterocycles. The second-order valence-corrected chi connectivity index (χ2v) is 10.9. The van der Waals surface area contributed by atoms with Crippen molar-refractivity contribution in [1.82, 2.24) is 0 Å². The van der Waals surface area contributed by atoms with Gasteiger partial charge in [-0.15, -0.1) is 0 Å². The van der Waals surface area contributed by atoms with Gasteiger partial charge in [0, 0.05) is 0 Å². The second-order valence-electron chi connectivity index (χ2n) is 5.39. The van der Waals surface area contributed by atoms with Crippen molar-refractivity contribution in [2.24, 2.45) is 0 Å². The molecule has 0 fully saturated rings. The Morgan fingerprint density at radius 1 is 1.33 bits per heavy atom. The Kier molecular flexibility index (Phi) is 6.03. The van der Waals surface area contributed by atoms with Gasteiger partial charge in [-0.2, -0.15) is 0 Å². The minimum atomic E-state index is -1.76. The van der Waals surface area contributed by atoms with Crippen molar-refractivity contribution in [2.45, 2.75) is 58.0 Å². The quantitative estimate of drug-likeness (QED) is 0.623. The highest BCUT2D eigenvalue weighted by atomic mass is 127. The fourth-order valence-electron chi connectivity index (χ4n) is 0.942. The van der Waals surface area contributed by atoms with Crippen LogP contribution in [0.2, 0.25) is 18.1 Å². The van der Waals surface area contributed by atoms with Crippen LogP contribution < -0.4 is 0 Å². The molecule has 1 N–H and O–H groups in total. The smallest absolute Gasteiger partial charge is 0.192 e. The maximum atomic E-state index is 9.75. The minimum absolute atomic E-state index is 0.128.